The Balaban J connectivity index is 2.35. The molecule has 17 heavy (non-hydrogen) atoms. The fraction of sp³-hybridized carbons (Fsp3) is 0.154. The van der Waals surface area contributed by atoms with Gasteiger partial charge in [0, 0.05) is 18.1 Å². The number of benzene rings is 1. The number of alkyl halides is 1. The van der Waals surface area contributed by atoms with Gasteiger partial charge in [0.2, 0.25) is 11.5 Å². The number of rotatable bonds is 2. The first-order chi connectivity index (χ1) is 8.01. The Kier molecular flexibility index (Phi) is 2.88. The van der Waals surface area contributed by atoms with Crippen LogP contribution in [0.15, 0.2) is 54.1 Å². The highest BCUT2D eigenvalue weighted by atomic mass is 19.2. The molecule has 1 atom stereocenters. The third-order valence-corrected chi connectivity index (χ3v) is 2.50. The third kappa shape index (κ3) is 2.30. The smallest absolute Gasteiger partial charge is 0.204 e. The average Bonchev–Trinajstić information content (AvgIpc) is 2.27. The summed E-state index contributed by atoms with van der Waals surface area (Å²) < 4.78 is 40.2. The van der Waals surface area contributed by atoms with E-state index in [1.54, 1.807) is 18.2 Å². The Morgan fingerprint density at radius 2 is 1.82 bits per heavy atom. The zero-order valence-electron chi connectivity index (χ0n) is 8.79. The lowest BCUT2D eigenvalue weighted by atomic mass is 9.88. The third-order valence-electron chi connectivity index (χ3n) is 2.50. The molecule has 88 valence electrons. The van der Waals surface area contributed by atoms with Crippen molar-refractivity contribution in [3.8, 4) is 0 Å². The van der Waals surface area contributed by atoms with E-state index in [4.69, 9.17) is 0 Å². The monoisotopic (exact) mass is 238 g/mol. The van der Waals surface area contributed by atoms with E-state index in [1.165, 1.54) is 12.1 Å². The number of hydrogen-bond donors (Lipinski definition) is 0. The number of halogens is 3. The highest BCUT2D eigenvalue weighted by Gasteiger charge is 2.40. The van der Waals surface area contributed by atoms with Crippen molar-refractivity contribution < 1.29 is 18.0 Å². The number of ketones is 1. The Morgan fingerprint density at radius 3 is 2.41 bits per heavy atom. The minimum absolute atomic E-state index is 0.0914. The molecule has 0 fully saturated rings. The zero-order chi connectivity index (χ0) is 12.5. The van der Waals surface area contributed by atoms with Crippen LogP contribution in [-0.4, -0.2) is 11.5 Å². The van der Waals surface area contributed by atoms with E-state index < -0.39 is 29.5 Å². The molecular formula is C13H9F3O. The standard InChI is InChI=1S/C13H9F3O/c14-10-6-11(15)8-13(16,7-10)12(17)9-4-2-1-3-5-9/h1-7H,8H2. The topological polar surface area (TPSA) is 17.1 Å². The summed E-state index contributed by atoms with van der Waals surface area (Å²) in [6, 6.07) is 7.61. The van der Waals surface area contributed by atoms with Crippen LogP contribution < -0.4 is 0 Å². The lowest BCUT2D eigenvalue weighted by Gasteiger charge is -2.22. The molecule has 1 unspecified atom stereocenters. The Hall–Kier alpha value is -1.84. The summed E-state index contributed by atoms with van der Waals surface area (Å²) in [6.07, 6.45) is 0.343. The second-order valence-electron chi connectivity index (χ2n) is 3.85. The van der Waals surface area contributed by atoms with E-state index in [2.05, 4.69) is 0 Å². The second kappa shape index (κ2) is 4.20. The van der Waals surface area contributed by atoms with Gasteiger partial charge >= 0.3 is 0 Å². The molecule has 2 rings (SSSR count). The molecule has 1 nitrogen and oxygen atoms in total. The van der Waals surface area contributed by atoms with Gasteiger partial charge in [-0.05, 0) is 6.08 Å². The SMILES string of the molecule is O=C(c1ccccc1)C1(F)C=C(F)C=C(F)C1. The molecule has 0 saturated carbocycles. The van der Waals surface area contributed by atoms with Crippen molar-refractivity contribution >= 4 is 5.78 Å². The molecule has 0 heterocycles. The van der Waals surface area contributed by atoms with Crippen LogP contribution in [-0.2, 0) is 0 Å². The molecule has 4 heteroatoms. The summed E-state index contributed by atoms with van der Waals surface area (Å²) >= 11 is 0. The minimum atomic E-state index is -2.63. The summed E-state index contributed by atoms with van der Waals surface area (Å²) in [5.41, 5.74) is -2.54. The van der Waals surface area contributed by atoms with E-state index in [9.17, 15) is 18.0 Å². The molecule has 1 aromatic carbocycles. The van der Waals surface area contributed by atoms with Crippen molar-refractivity contribution in [1.29, 1.82) is 0 Å². The van der Waals surface area contributed by atoms with Crippen molar-refractivity contribution in [2.24, 2.45) is 0 Å². The van der Waals surface area contributed by atoms with Crippen LogP contribution in [0.4, 0.5) is 13.2 Å². The maximum atomic E-state index is 14.2. The molecule has 0 saturated heterocycles. The minimum Gasteiger partial charge on any atom is -0.290 e. The molecule has 0 aromatic heterocycles. The molecule has 0 radical (unpaired) electrons. The van der Waals surface area contributed by atoms with Crippen LogP contribution in [0, 0.1) is 0 Å². The van der Waals surface area contributed by atoms with Crippen molar-refractivity contribution in [3.05, 3.63) is 59.7 Å². The Morgan fingerprint density at radius 1 is 1.18 bits per heavy atom. The number of Topliss-reactive ketones (excluding diaryl/α,β-unsaturated/α-hetero) is 1. The molecule has 0 amide bonds. The van der Waals surface area contributed by atoms with Crippen LogP contribution in [0.25, 0.3) is 0 Å². The van der Waals surface area contributed by atoms with E-state index in [-0.39, 0.29) is 5.56 Å². The first kappa shape index (κ1) is 11.6. The average molecular weight is 238 g/mol. The maximum Gasteiger partial charge on any atom is 0.204 e. The van der Waals surface area contributed by atoms with Gasteiger partial charge in [0.15, 0.2) is 0 Å². The Labute approximate surface area is 96.3 Å². The van der Waals surface area contributed by atoms with Crippen LogP contribution in [0.3, 0.4) is 0 Å². The van der Waals surface area contributed by atoms with Gasteiger partial charge in [-0.1, -0.05) is 30.3 Å². The van der Waals surface area contributed by atoms with Crippen molar-refractivity contribution in [2.45, 2.75) is 12.1 Å². The Bertz CT molecular complexity index is 505. The van der Waals surface area contributed by atoms with E-state index in [1.807, 2.05) is 0 Å². The largest absolute Gasteiger partial charge is 0.290 e. The molecular weight excluding hydrogens is 229 g/mol. The van der Waals surface area contributed by atoms with Crippen molar-refractivity contribution in [2.75, 3.05) is 0 Å². The summed E-state index contributed by atoms with van der Waals surface area (Å²) in [4.78, 5) is 11.8. The van der Waals surface area contributed by atoms with Gasteiger partial charge in [0.05, 0.1) is 0 Å². The summed E-state index contributed by atoms with van der Waals surface area (Å²) in [7, 11) is 0. The van der Waals surface area contributed by atoms with Gasteiger partial charge in [-0.25, -0.2) is 13.2 Å². The number of hydrogen-bond acceptors (Lipinski definition) is 1. The molecule has 1 aliphatic rings. The van der Waals surface area contributed by atoms with E-state index >= 15 is 0 Å². The van der Waals surface area contributed by atoms with Gasteiger partial charge < -0.3 is 0 Å². The quantitative estimate of drug-likeness (QED) is 0.718. The van der Waals surface area contributed by atoms with Crippen LogP contribution >= 0.6 is 0 Å². The zero-order valence-corrected chi connectivity index (χ0v) is 8.79. The highest BCUT2D eigenvalue weighted by Crippen LogP contribution is 2.34. The predicted octanol–water partition coefficient (Wildman–Crippen LogP) is 3.69. The van der Waals surface area contributed by atoms with Crippen LogP contribution in [0.5, 0.6) is 0 Å². The molecule has 0 N–H and O–H groups in total. The molecule has 0 aliphatic heterocycles. The molecule has 1 aromatic rings. The molecule has 0 bridgehead atoms. The molecule has 0 spiro atoms. The van der Waals surface area contributed by atoms with Gasteiger partial charge in [0.25, 0.3) is 0 Å². The summed E-state index contributed by atoms with van der Waals surface area (Å²) in [6.45, 7) is 0. The van der Waals surface area contributed by atoms with Crippen LogP contribution in [0.2, 0.25) is 0 Å². The number of carbonyl (C=O) groups is 1. The number of allylic oxidation sites excluding steroid dienone is 4. The summed E-state index contributed by atoms with van der Waals surface area (Å²) in [5, 5.41) is 0. The van der Waals surface area contributed by atoms with E-state index in [0.717, 1.165) is 0 Å². The highest BCUT2D eigenvalue weighted by molar-refractivity contribution is 6.04. The lowest BCUT2D eigenvalue weighted by molar-refractivity contribution is 0.0761. The van der Waals surface area contributed by atoms with Gasteiger partial charge in [-0.2, -0.15) is 0 Å². The second-order valence-corrected chi connectivity index (χ2v) is 3.85. The summed E-state index contributed by atoms with van der Waals surface area (Å²) in [5.74, 6) is -2.98. The number of carbonyl (C=O) groups excluding carboxylic acids is 1. The van der Waals surface area contributed by atoms with Gasteiger partial charge in [-0.3, -0.25) is 4.79 Å². The normalized spacial score (nSPS) is 23.9. The first-order valence-corrected chi connectivity index (χ1v) is 5.04. The first-order valence-electron chi connectivity index (χ1n) is 5.04. The lowest BCUT2D eigenvalue weighted by Crippen LogP contribution is -2.33. The maximum absolute atomic E-state index is 14.2. The predicted molar refractivity (Wildman–Crippen MR) is 57.6 cm³/mol. The van der Waals surface area contributed by atoms with Crippen LogP contribution in [0.1, 0.15) is 16.8 Å². The van der Waals surface area contributed by atoms with Gasteiger partial charge in [0.1, 0.15) is 11.7 Å². The fourth-order valence-electron chi connectivity index (χ4n) is 1.73. The van der Waals surface area contributed by atoms with E-state index in [0.29, 0.717) is 12.2 Å². The van der Waals surface area contributed by atoms with Crippen molar-refractivity contribution in [3.63, 3.8) is 0 Å². The fourth-order valence-corrected chi connectivity index (χ4v) is 1.73. The van der Waals surface area contributed by atoms with Gasteiger partial charge in [-0.15, -0.1) is 0 Å². The van der Waals surface area contributed by atoms with Crippen molar-refractivity contribution in [1.82, 2.24) is 0 Å². The molecule has 1 aliphatic carbocycles.